The van der Waals surface area contributed by atoms with Crippen LogP contribution in [0.3, 0.4) is 0 Å². The van der Waals surface area contributed by atoms with Crippen LogP contribution in [0.4, 0.5) is 0 Å². The molecule has 5 fully saturated rings. The molecule has 0 radical (unpaired) electrons. The molecule has 2 atom stereocenters. The lowest BCUT2D eigenvalue weighted by Gasteiger charge is -2.56. The van der Waals surface area contributed by atoms with Gasteiger partial charge in [-0.05, 0) is 87.4 Å². The molecular weight excluding hydrogens is 362 g/mol. The third kappa shape index (κ3) is 4.61. The predicted molar refractivity (Wildman–Crippen MR) is 108 cm³/mol. The Morgan fingerprint density at radius 1 is 1.15 bits per heavy atom. The number of carbonyl (C=O) groups is 2. The molecule has 2 amide bonds. The third-order valence-corrected chi connectivity index (χ3v) is 7.69. The van der Waals surface area contributed by atoms with Gasteiger partial charge in [0, 0.05) is 25.6 Å². The van der Waals surface area contributed by atoms with E-state index in [1.807, 2.05) is 11.8 Å². The van der Waals surface area contributed by atoms with Crippen molar-refractivity contribution in [1.29, 1.82) is 0 Å². The van der Waals surface area contributed by atoms with Crippen molar-refractivity contribution >= 4 is 24.2 Å². The van der Waals surface area contributed by atoms with Crippen molar-refractivity contribution < 1.29 is 9.59 Å². The van der Waals surface area contributed by atoms with Crippen molar-refractivity contribution in [2.24, 2.45) is 34.8 Å². The van der Waals surface area contributed by atoms with Crippen molar-refractivity contribution in [3.8, 4) is 0 Å². The highest BCUT2D eigenvalue weighted by atomic mass is 35.5. The summed E-state index contributed by atoms with van der Waals surface area (Å²) < 4.78 is 0. The summed E-state index contributed by atoms with van der Waals surface area (Å²) in [4.78, 5) is 27.0. The molecule has 4 saturated carbocycles. The second-order valence-electron chi connectivity index (χ2n) is 9.97. The zero-order valence-electron chi connectivity index (χ0n) is 16.6. The molecule has 0 aromatic rings. The van der Waals surface area contributed by atoms with E-state index >= 15 is 0 Å². The minimum absolute atomic E-state index is 0. The maximum atomic E-state index is 12.6. The normalized spacial score (nSPS) is 38.2. The van der Waals surface area contributed by atoms with Gasteiger partial charge in [0.25, 0.3) is 0 Å². The lowest BCUT2D eigenvalue weighted by atomic mass is 9.49. The average Bonchev–Trinajstić information content (AvgIpc) is 2.58. The smallest absolute Gasteiger partial charge is 0.241 e. The summed E-state index contributed by atoms with van der Waals surface area (Å²) in [6, 6.07) is 0.122. The van der Waals surface area contributed by atoms with Gasteiger partial charge in [0.05, 0.1) is 6.54 Å². The van der Waals surface area contributed by atoms with Crippen LogP contribution >= 0.6 is 12.4 Å². The van der Waals surface area contributed by atoms with E-state index in [1.54, 1.807) is 0 Å². The molecule has 0 spiro atoms. The standard InChI is InChI=1S/C21H35N3O2.ClH/c1-14(22)18-3-2-4-24(13-18)20(26)12-23-19(25)11-21-8-15-5-16(9-21)7-17(6-15)10-21;/h14-18H,2-13,22H2,1H3,(H,23,25);1H. The minimum Gasteiger partial charge on any atom is -0.347 e. The monoisotopic (exact) mass is 397 g/mol. The quantitative estimate of drug-likeness (QED) is 0.748. The fourth-order valence-electron chi connectivity index (χ4n) is 6.86. The van der Waals surface area contributed by atoms with Gasteiger partial charge in [-0.3, -0.25) is 9.59 Å². The number of likely N-dealkylation sites (tertiary alicyclic amines) is 1. The molecule has 154 valence electrons. The van der Waals surface area contributed by atoms with E-state index in [0.717, 1.165) is 43.7 Å². The number of nitrogens with one attached hydrogen (secondary N) is 1. The van der Waals surface area contributed by atoms with Gasteiger partial charge in [0.15, 0.2) is 0 Å². The first-order valence-electron chi connectivity index (χ1n) is 10.7. The molecule has 4 aliphatic carbocycles. The Labute approximate surface area is 169 Å². The summed E-state index contributed by atoms with van der Waals surface area (Å²) in [5.41, 5.74) is 6.25. The molecule has 1 saturated heterocycles. The lowest BCUT2D eigenvalue weighted by Crippen LogP contribution is -2.50. The molecule has 6 heteroatoms. The molecule has 4 bridgehead atoms. The molecule has 1 aliphatic heterocycles. The van der Waals surface area contributed by atoms with E-state index < -0.39 is 0 Å². The molecular formula is C21H36ClN3O2. The van der Waals surface area contributed by atoms with Crippen molar-refractivity contribution in [3.05, 3.63) is 0 Å². The van der Waals surface area contributed by atoms with Crippen molar-refractivity contribution in [2.75, 3.05) is 19.6 Å². The van der Waals surface area contributed by atoms with E-state index in [1.165, 1.54) is 38.5 Å². The minimum atomic E-state index is 0. The fourth-order valence-corrected chi connectivity index (χ4v) is 6.86. The molecule has 27 heavy (non-hydrogen) atoms. The van der Waals surface area contributed by atoms with Crippen LogP contribution in [0.2, 0.25) is 0 Å². The first-order chi connectivity index (χ1) is 12.4. The van der Waals surface area contributed by atoms with E-state index in [-0.39, 0.29) is 42.2 Å². The topological polar surface area (TPSA) is 75.4 Å². The Morgan fingerprint density at radius 3 is 2.30 bits per heavy atom. The van der Waals surface area contributed by atoms with Crippen LogP contribution in [0, 0.1) is 29.1 Å². The van der Waals surface area contributed by atoms with Crippen LogP contribution in [0.15, 0.2) is 0 Å². The largest absolute Gasteiger partial charge is 0.347 e. The molecule has 3 N–H and O–H groups in total. The number of halogens is 1. The van der Waals surface area contributed by atoms with Gasteiger partial charge in [-0.15, -0.1) is 12.4 Å². The number of hydrogen-bond acceptors (Lipinski definition) is 3. The first kappa shape index (κ1) is 20.9. The van der Waals surface area contributed by atoms with Crippen LogP contribution in [-0.2, 0) is 9.59 Å². The van der Waals surface area contributed by atoms with E-state index in [9.17, 15) is 9.59 Å². The van der Waals surface area contributed by atoms with Crippen LogP contribution in [-0.4, -0.2) is 42.4 Å². The van der Waals surface area contributed by atoms with Crippen LogP contribution in [0.25, 0.3) is 0 Å². The highest BCUT2D eigenvalue weighted by Crippen LogP contribution is 2.61. The van der Waals surface area contributed by atoms with Crippen molar-refractivity contribution in [3.63, 3.8) is 0 Å². The number of piperidine rings is 1. The van der Waals surface area contributed by atoms with Gasteiger partial charge in [-0.2, -0.15) is 0 Å². The fraction of sp³-hybridized carbons (Fsp3) is 0.905. The van der Waals surface area contributed by atoms with Crippen LogP contribution < -0.4 is 11.1 Å². The molecule has 1 heterocycles. The van der Waals surface area contributed by atoms with Gasteiger partial charge in [0.1, 0.15) is 0 Å². The Hall–Kier alpha value is -0.810. The second kappa shape index (κ2) is 8.28. The van der Waals surface area contributed by atoms with Crippen molar-refractivity contribution in [2.45, 2.75) is 70.8 Å². The van der Waals surface area contributed by atoms with Gasteiger partial charge in [-0.1, -0.05) is 0 Å². The number of nitrogens with zero attached hydrogens (tertiary/aromatic N) is 1. The number of amides is 2. The molecule has 2 unspecified atom stereocenters. The molecule has 5 aliphatic rings. The predicted octanol–water partition coefficient (Wildman–Crippen LogP) is 2.72. The number of rotatable bonds is 5. The highest BCUT2D eigenvalue weighted by Gasteiger charge is 2.51. The van der Waals surface area contributed by atoms with Crippen molar-refractivity contribution in [1.82, 2.24) is 10.2 Å². The summed E-state index contributed by atoms with van der Waals surface area (Å²) in [7, 11) is 0. The number of hydrogen-bond donors (Lipinski definition) is 2. The SMILES string of the molecule is CC(N)C1CCCN(C(=O)CNC(=O)CC23CC4CC(CC(C4)C2)C3)C1.Cl. The highest BCUT2D eigenvalue weighted by molar-refractivity contribution is 5.85. The molecule has 0 aromatic carbocycles. The maximum Gasteiger partial charge on any atom is 0.241 e. The van der Waals surface area contributed by atoms with Crippen LogP contribution in [0.5, 0.6) is 0 Å². The second-order valence-corrected chi connectivity index (χ2v) is 9.97. The van der Waals surface area contributed by atoms with Gasteiger partial charge < -0.3 is 16.0 Å². The number of nitrogens with two attached hydrogens (primary N) is 1. The maximum absolute atomic E-state index is 12.6. The first-order valence-corrected chi connectivity index (χ1v) is 10.7. The summed E-state index contributed by atoms with van der Waals surface area (Å²) in [5, 5.41) is 2.94. The number of carbonyl (C=O) groups excluding carboxylic acids is 2. The Bertz CT molecular complexity index is 530. The van der Waals surface area contributed by atoms with E-state index in [0.29, 0.717) is 12.3 Å². The zero-order valence-corrected chi connectivity index (χ0v) is 17.4. The summed E-state index contributed by atoms with van der Waals surface area (Å²) in [6.45, 7) is 3.71. The van der Waals surface area contributed by atoms with Gasteiger partial charge in [0.2, 0.25) is 11.8 Å². The van der Waals surface area contributed by atoms with Crippen LogP contribution in [0.1, 0.15) is 64.7 Å². The molecule has 0 aromatic heterocycles. The molecule has 5 rings (SSSR count). The Balaban J connectivity index is 0.00000210. The third-order valence-electron chi connectivity index (χ3n) is 7.69. The zero-order chi connectivity index (χ0) is 18.3. The summed E-state index contributed by atoms with van der Waals surface area (Å²) >= 11 is 0. The van der Waals surface area contributed by atoms with Gasteiger partial charge in [-0.25, -0.2) is 0 Å². The van der Waals surface area contributed by atoms with Gasteiger partial charge >= 0.3 is 0 Å². The lowest BCUT2D eigenvalue weighted by molar-refractivity contribution is -0.136. The van der Waals surface area contributed by atoms with E-state index in [4.69, 9.17) is 5.73 Å². The average molecular weight is 398 g/mol. The summed E-state index contributed by atoms with van der Waals surface area (Å²) in [6.07, 6.45) is 10.7. The van der Waals surface area contributed by atoms with E-state index in [2.05, 4.69) is 5.32 Å². The Kier molecular flexibility index (Phi) is 6.41. The molecule has 5 nitrogen and oxygen atoms in total. The Morgan fingerprint density at radius 2 is 1.74 bits per heavy atom. The summed E-state index contributed by atoms with van der Waals surface area (Å²) in [5.74, 6) is 3.10.